The fraction of sp³-hybridized carbons (Fsp3) is 0.524. The van der Waals surface area contributed by atoms with Crippen LogP contribution in [0.25, 0.3) is 0 Å². The number of benzene rings is 1. The molecular weight excluding hydrogens is 388 g/mol. The van der Waals surface area contributed by atoms with E-state index in [0.717, 1.165) is 43.7 Å². The van der Waals surface area contributed by atoms with E-state index in [9.17, 15) is 13.2 Å². The summed E-state index contributed by atoms with van der Waals surface area (Å²) in [5.74, 6) is 1.42. The average Bonchev–Trinajstić information content (AvgIpc) is 3.15. The summed E-state index contributed by atoms with van der Waals surface area (Å²) in [6, 6.07) is 6.20. The zero-order valence-corrected chi connectivity index (χ0v) is 17.6. The van der Waals surface area contributed by atoms with E-state index in [4.69, 9.17) is 0 Å². The Balaban J connectivity index is 1.38. The van der Waals surface area contributed by atoms with E-state index in [1.54, 1.807) is 16.4 Å². The van der Waals surface area contributed by atoms with Gasteiger partial charge in [-0.25, -0.2) is 13.4 Å². The number of carbonyl (C=O) groups excluding carboxylic acids is 1. The van der Waals surface area contributed by atoms with Gasteiger partial charge in [0.15, 0.2) is 0 Å². The Hall–Kier alpha value is -2.19. The lowest BCUT2D eigenvalue weighted by molar-refractivity contribution is 0.0950. The summed E-state index contributed by atoms with van der Waals surface area (Å²) in [6.07, 6.45) is 7.09. The number of nitrogens with one attached hydrogen (secondary N) is 1. The number of sulfonamides is 1. The minimum absolute atomic E-state index is 0.230. The lowest BCUT2D eigenvalue weighted by Crippen LogP contribution is -2.37. The highest BCUT2D eigenvalue weighted by Gasteiger charge is 2.28. The fourth-order valence-electron chi connectivity index (χ4n) is 3.98. The van der Waals surface area contributed by atoms with Gasteiger partial charge in [-0.15, -0.1) is 0 Å². The van der Waals surface area contributed by atoms with E-state index in [1.165, 1.54) is 18.6 Å². The predicted molar refractivity (Wildman–Crippen MR) is 110 cm³/mol. The molecule has 1 aromatic carbocycles. The number of hydrogen-bond acceptors (Lipinski definition) is 4. The van der Waals surface area contributed by atoms with Crippen molar-refractivity contribution in [1.29, 1.82) is 0 Å². The molecule has 1 fully saturated rings. The molecule has 0 aliphatic carbocycles. The standard InChI is InChI=1S/C21H28N4O3S/c1-16-9-12-25(13-10-16)29(27,28)19-7-5-17(6-8-19)21(26)22-14-18-15-24-11-3-2-4-20(24)23-18/h5-8,15-16H,2-4,9-14H2,1H3,(H,22,26). The summed E-state index contributed by atoms with van der Waals surface area (Å²) in [4.78, 5) is 17.3. The van der Waals surface area contributed by atoms with Crippen molar-refractivity contribution in [2.45, 2.75) is 57.0 Å². The van der Waals surface area contributed by atoms with Crippen LogP contribution in [0.15, 0.2) is 35.4 Å². The molecule has 7 nitrogen and oxygen atoms in total. The highest BCUT2D eigenvalue weighted by molar-refractivity contribution is 7.89. The fourth-order valence-corrected chi connectivity index (χ4v) is 5.45. The molecule has 0 atom stereocenters. The van der Waals surface area contributed by atoms with Crippen LogP contribution in [-0.2, 0) is 29.5 Å². The van der Waals surface area contributed by atoms with Gasteiger partial charge in [0.25, 0.3) is 5.91 Å². The van der Waals surface area contributed by atoms with Crippen molar-refractivity contribution in [3.05, 3.63) is 47.5 Å². The molecule has 0 saturated carbocycles. The zero-order chi connectivity index (χ0) is 20.4. The summed E-state index contributed by atoms with van der Waals surface area (Å²) < 4.78 is 29.3. The molecule has 3 heterocycles. The first-order chi connectivity index (χ1) is 13.9. The maximum atomic E-state index is 12.8. The number of piperidine rings is 1. The molecule has 2 aliphatic rings. The molecule has 0 bridgehead atoms. The molecule has 1 N–H and O–H groups in total. The van der Waals surface area contributed by atoms with Gasteiger partial charge < -0.3 is 9.88 Å². The first kappa shape index (κ1) is 20.1. The van der Waals surface area contributed by atoms with E-state index < -0.39 is 10.0 Å². The number of hydrogen-bond donors (Lipinski definition) is 1. The van der Waals surface area contributed by atoms with Crippen LogP contribution in [0.5, 0.6) is 0 Å². The lowest BCUT2D eigenvalue weighted by Gasteiger charge is -2.29. The topological polar surface area (TPSA) is 84.3 Å². The smallest absolute Gasteiger partial charge is 0.251 e. The number of fused-ring (bicyclic) bond motifs is 1. The highest BCUT2D eigenvalue weighted by atomic mass is 32.2. The van der Waals surface area contributed by atoms with E-state index in [2.05, 4.69) is 21.8 Å². The van der Waals surface area contributed by atoms with Gasteiger partial charge in [-0.3, -0.25) is 4.79 Å². The molecule has 2 aromatic rings. The molecule has 2 aliphatic heterocycles. The second-order valence-electron chi connectivity index (χ2n) is 8.09. The summed E-state index contributed by atoms with van der Waals surface area (Å²) >= 11 is 0. The van der Waals surface area contributed by atoms with Gasteiger partial charge in [-0.1, -0.05) is 6.92 Å². The largest absolute Gasteiger partial charge is 0.346 e. The number of amides is 1. The van der Waals surface area contributed by atoms with Crippen LogP contribution in [0.1, 0.15) is 54.5 Å². The summed E-state index contributed by atoms with van der Waals surface area (Å²) in [5, 5.41) is 2.88. The van der Waals surface area contributed by atoms with Crippen molar-refractivity contribution in [3.8, 4) is 0 Å². The average molecular weight is 417 g/mol. The SMILES string of the molecule is CC1CCN(S(=O)(=O)c2ccc(C(=O)NCc3cn4c(n3)CCCC4)cc2)CC1. The number of aryl methyl sites for hydroxylation is 2. The Labute approximate surface area is 172 Å². The molecule has 0 unspecified atom stereocenters. The van der Waals surface area contributed by atoms with Crippen LogP contribution in [-0.4, -0.2) is 41.3 Å². The Kier molecular flexibility index (Phi) is 5.74. The minimum atomic E-state index is -3.50. The van der Waals surface area contributed by atoms with Crippen molar-refractivity contribution >= 4 is 15.9 Å². The third kappa shape index (κ3) is 4.38. The number of rotatable bonds is 5. The third-order valence-corrected chi connectivity index (χ3v) is 7.80. The number of imidazole rings is 1. The second kappa shape index (κ2) is 8.28. The van der Waals surface area contributed by atoms with E-state index >= 15 is 0 Å². The van der Waals surface area contributed by atoms with E-state index in [0.29, 0.717) is 31.1 Å². The second-order valence-corrected chi connectivity index (χ2v) is 10.0. The van der Waals surface area contributed by atoms with E-state index in [1.807, 2.05) is 6.20 Å². The Morgan fingerprint density at radius 3 is 2.55 bits per heavy atom. The monoisotopic (exact) mass is 416 g/mol. The van der Waals surface area contributed by atoms with Crippen LogP contribution in [0, 0.1) is 5.92 Å². The van der Waals surface area contributed by atoms with Crippen LogP contribution in [0.3, 0.4) is 0 Å². The first-order valence-electron chi connectivity index (χ1n) is 10.4. The molecule has 0 radical (unpaired) electrons. The molecule has 156 valence electrons. The lowest BCUT2D eigenvalue weighted by atomic mass is 10.0. The van der Waals surface area contributed by atoms with Gasteiger partial charge in [0.05, 0.1) is 17.1 Å². The molecule has 29 heavy (non-hydrogen) atoms. The molecule has 8 heteroatoms. The zero-order valence-electron chi connectivity index (χ0n) is 16.8. The maximum Gasteiger partial charge on any atom is 0.251 e. The number of aromatic nitrogens is 2. The van der Waals surface area contributed by atoms with Gasteiger partial charge >= 0.3 is 0 Å². The molecular formula is C21H28N4O3S. The Morgan fingerprint density at radius 1 is 1.14 bits per heavy atom. The van der Waals surface area contributed by atoms with Crippen molar-refractivity contribution in [2.75, 3.05) is 13.1 Å². The van der Waals surface area contributed by atoms with Gasteiger partial charge in [0.1, 0.15) is 5.82 Å². The van der Waals surface area contributed by atoms with Crippen LogP contribution in [0.2, 0.25) is 0 Å². The molecule has 0 spiro atoms. The molecule has 4 rings (SSSR count). The number of nitrogens with zero attached hydrogens (tertiary/aromatic N) is 3. The summed E-state index contributed by atoms with van der Waals surface area (Å²) in [7, 11) is -3.50. The van der Waals surface area contributed by atoms with Gasteiger partial charge in [0.2, 0.25) is 10.0 Å². The van der Waals surface area contributed by atoms with E-state index in [-0.39, 0.29) is 10.8 Å². The van der Waals surface area contributed by atoms with Gasteiger partial charge in [-0.2, -0.15) is 4.31 Å². The molecule has 1 aromatic heterocycles. The Morgan fingerprint density at radius 2 is 1.86 bits per heavy atom. The summed E-state index contributed by atoms with van der Waals surface area (Å²) in [6.45, 7) is 4.62. The minimum Gasteiger partial charge on any atom is -0.346 e. The maximum absolute atomic E-state index is 12.8. The first-order valence-corrected chi connectivity index (χ1v) is 11.8. The van der Waals surface area contributed by atoms with Crippen molar-refractivity contribution in [1.82, 2.24) is 19.2 Å². The predicted octanol–water partition coefficient (Wildman–Crippen LogP) is 2.57. The molecule has 1 amide bonds. The molecule has 1 saturated heterocycles. The Bertz CT molecular complexity index is 950. The third-order valence-electron chi connectivity index (χ3n) is 5.89. The number of carbonyl (C=O) groups is 1. The van der Waals surface area contributed by atoms with Gasteiger partial charge in [0, 0.05) is 37.8 Å². The quantitative estimate of drug-likeness (QED) is 0.812. The van der Waals surface area contributed by atoms with Crippen molar-refractivity contribution < 1.29 is 13.2 Å². The highest BCUT2D eigenvalue weighted by Crippen LogP contribution is 2.23. The summed E-state index contributed by atoms with van der Waals surface area (Å²) in [5.41, 5.74) is 1.30. The van der Waals surface area contributed by atoms with Crippen molar-refractivity contribution in [2.24, 2.45) is 5.92 Å². The van der Waals surface area contributed by atoms with Crippen LogP contribution in [0.4, 0.5) is 0 Å². The van der Waals surface area contributed by atoms with Crippen LogP contribution < -0.4 is 5.32 Å². The normalized spacial score (nSPS) is 18.4. The van der Waals surface area contributed by atoms with Gasteiger partial charge in [-0.05, 0) is 55.9 Å². The van der Waals surface area contributed by atoms with Crippen LogP contribution >= 0.6 is 0 Å². The van der Waals surface area contributed by atoms with Crippen molar-refractivity contribution in [3.63, 3.8) is 0 Å².